The highest BCUT2D eigenvalue weighted by Crippen LogP contribution is 2.37. The van der Waals surface area contributed by atoms with Crippen LogP contribution in [0.25, 0.3) is 22.8 Å². The number of aryl methyl sites for hydroxylation is 1. The maximum atomic E-state index is 12.9. The van der Waals surface area contributed by atoms with Crippen molar-refractivity contribution in [3.63, 3.8) is 0 Å². The Hall–Kier alpha value is -3.97. The molecule has 36 heavy (non-hydrogen) atoms. The lowest BCUT2D eigenvalue weighted by Crippen LogP contribution is -2.35. The van der Waals surface area contributed by atoms with Crippen molar-refractivity contribution < 1.29 is 14.4 Å². The van der Waals surface area contributed by atoms with Gasteiger partial charge in [0.2, 0.25) is 0 Å². The van der Waals surface area contributed by atoms with Crippen molar-refractivity contribution in [1.82, 2.24) is 15.2 Å². The molecule has 3 N–H and O–H groups in total. The van der Waals surface area contributed by atoms with Crippen molar-refractivity contribution >= 4 is 35.4 Å². The van der Waals surface area contributed by atoms with Gasteiger partial charge in [-0.1, -0.05) is 44.2 Å². The molecule has 0 fully saturated rings. The van der Waals surface area contributed by atoms with Crippen LogP contribution in [0.5, 0.6) is 0 Å². The fourth-order valence-electron chi connectivity index (χ4n) is 4.62. The third kappa shape index (κ3) is 5.02. The number of benzene rings is 2. The van der Waals surface area contributed by atoms with Gasteiger partial charge in [0.15, 0.2) is 0 Å². The van der Waals surface area contributed by atoms with Crippen molar-refractivity contribution in [2.75, 3.05) is 31.5 Å². The normalized spacial score (nSPS) is 13.7. The van der Waals surface area contributed by atoms with E-state index in [0.717, 1.165) is 65.2 Å². The van der Waals surface area contributed by atoms with Crippen LogP contribution in [-0.4, -0.2) is 54.2 Å². The third-order valence-corrected chi connectivity index (χ3v) is 6.78. The summed E-state index contributed by atoms with van der Waals surface area (Å²) in [6.07, 6.45) is 2.63. The van der Waals surface area contributed by atoms with Gasteiger partial charge in [0.05, 0.1) is 11.1 Å². The number of amides is 2. The molecule has 1 aliphatic rings. The SMILES string of the molecule is CCN(CC)CCNC(=O)c1c(C)[nH]c(/C=C2\C(=O)Nc3ccc(-c4ccc(C=O)cc4)cc32)c1C. The number of anilines is 1. The first-order chi connectivity index (χ1) is 17.4. The Balaban J connectivity index is 1.61. The number of carbonyl (C=O) groups excluding carboxylic acids is 3. The zero-order valence-electron chi connectivity index (χ0n) is 21.2. The van der Waals surface area contributed by atoms with Gasteiger partial charge in [-0.05, 0) is 61.8 Å². The molecule has 186 valence electrons. The zero-order valence-corrected chi connectivity index (χ0v) is 21.2. The Kier molecular flexibility index (Phi) is 7.50. The minimum atomic E-state index is -0.185. The number of aromatic amines is 1. The molecule has 0 atom stereocenters. The van der Waals surface area contributed by atoms with Gasteiger partial charge in [-0.3, -0.25) is 14.4 Å². The summed E-state index contributed by atoms with van der Waals surface area (Å²) in [5.74, 6) is -0.300. The summed E-state index contributed by atoms with van der Waals surface area (Å²) in [4.78, 5) is 42.3. The monoisotopic (exact) mass is 484 g/mol. The number of nitrogens with zero attached hydrogens (tertiary/aromatic N) is 1. The van der Waals surface area contributed by atoms with E-state index in [1.807, 2.05) is 50.3 Å². The molecule has 7 heteroatoms. The Bertz CT molecular complexity index is 1330. The second-order valence-electron chi connectivity index (χ2n) is 8.96. The molecule has 0 radical (unpaired) electrons. The molecular weight excluding hydrogens is 452 g/mol. The van der Waals surface area contributed by atoms with E-state index in [4.69, 9.17) is 0 Å². The number of H-pyrrole nitrogens is 1. The van der Waals surface area contributed by atoms with Crippen molar-refractivity contribution in [1.29, 1.82) is 0 Å². The maximum absolute atomic E-state index is 12.9. The van der Waals surface area contributed by atoms with Crippen LogP contribution < -0.4 is 10.6 Å². The third-order valence-electron chi connectivity index (χ3n) is 6.78. The molecule has 0 unspecified atom stereocenters. The van der Waals surface area contributed by atoms with Crippen molar-refractivity contribution in [3.8, 4) is 11.1 Å². The molecule has 2 heterocycles. The van der Waals surface area contributed by atoms with E-state index in [1.165, 1.54) is 0 Å². The lowest BCUT2D eigenvalue weighted by molar-refractivity contribution is -0.110. The van der Waals surface area contributed by atoms with E-state index >= 15 is 0 Å². The fourth-order valence-corrected chi connectivity index (χ4v) is 4.62. The van der Waals surface area contributed by atoms with Crippen LogP contribution in [0.2, 0.25) is 0 Å². The molecule has 7 nitrogen and oxygen atoms in total. The van der Waals surface area contributed by atoms with Crippen LogP contribution >= 0.6 is 0 Å². The van der Waals surface area contributed by atoms with Gasteiger partial charge in [-0.15, -0.1) is 0 Å². The summed E-state index contributed by atoms with van der Waals surface area (Å²) >= 11 is 0. The van der Waals surface area contributed by atoms with E-state index in [9.17, 15) is 14.4 Å². The van der Waals surface area contributed by atoms with Crippen LogP contribution in [0.4, 0.5) is 5.69 Å². The molecule has 2 aromatic carbocycles. The Morgan fingerprint density at radius 2 is 1.72 bits per heavy atom. The van der Waals surface area contributed by atoms with Gasteiger partial charge in [-0.2, -0.15) is 0 Å². The Morgan fingerprint density at radius 3 is 2.39 bits per heavy atom. The molecular formula is C29H32N4O3. The number of likely N-dealkylation sites (N-methyl/N-ethyl adjacent to an activating group) is 1. The fraction of sp³-hybridized carbons (Fsp3) is 0.276. The number of nitrogens with one attached hydrogen (secondary N) is 3. The van der Waals surface area contributed by atoms with Gasteiger partial charge >= 0.3 is 0 Å². The first-order valence-corrected chi connectivity index (χ1v) is 12.3. The first-order valence-electron chi connectivity index (χ1n) is 12.3. The summed E-state index contributed by atoms with van der Waals surface area (Å²) in [6, 6.07) is 13.1. The highest BCUT2D eigenvalue weighted by Gasteiger charge is 2.26. The average Bonchev–Trinajstić information content (AvgIpc) is 3.35. The Labute approximate surface area is 211 Å². The van der Waals surface area contributed by atoms with Gasteiger partial charge in [0, 0.05) is 41.3 Å². The van der Waals surface area contributed by atoms with E-state index in [0.29, 0.717) is 23.2 Å². The van der Waals surface area contributed by atoms with Gasteiger partial charge in [0.25, 0.3) is 11.8 Å². The van der Waals surface area contributed by atoms with E-state index in [2.05, 4.69) is 34.4 Å². The van der Waals surface area contributed by atoms with Crippen molar-refractivity contribution in [2.24, 2.45) is 0 Å². The summed E-state index contributed by atoms with van der Waals surface area (Å²) in [5, 5.41) is 5.95. The molecule has 0 spiro atoms. The molecule has 0 aliphatic carbocycles. The number of fused-ring (bicyclic) bond motifs is 1. The number of carbonyl (C=O) groups is 3. The van der Waals surface area contributed by atoms with E-state index in [1.54, 1.807) is 12.1 Å². The summed E-state index contributed by atoms with van der Waals surface area (Å²) in [5.41, 5.74) is 7.52. The van der Waals surface area contributed by atoms with E-state index < -0.39 is 0 Å². The molecule has 0 saturated carbocycles. The summed E-state index contributed by atoms with van der Waals surface area (Å²) in [7, 11) is 0. The van der Waals surface area contributed by atoms with Crippen LogP contribution in [0.1, 0.15) is 57.1 Å². The number of aromatic nitrogens is 1. The number of hydrogen-bond acceptors (Lipinski definition) is 4. The summed E-state index contributed by atoms with van der Waals surface area (Å²) in [6.45, 7) is 11.3. The topological polar surface area (TPSA) is 94.3 Å². The average molecular weight is 485 g/mol. The van der Waals surface area contributed by atoms with Crippen LogP contribution in [0.15, 0.2) is 42.5 Å². The number of rotatable bonds is 9. The maximum Gasteiger partial charge on any atom is 0.256 e. The van der Waals surface area contributed by atoms with Crippen LogP contribution in [-0.2, 0) is 4.79 Å². The summed E-state index contributed by atoms with van der Waals surface area (Å²) < 4.78 is 0. The highest BCUT2D eigenvalue weighted by molar-refractivity contribution is 6.35. The van der Waals surface area contributed by atoms with Gasteiger partial charge in [-0.25, -0.2) is 0 Å². The van der Waals surface area contributed by atoms with Crippen molar-refractivity contribution in [2.45, 2.75) is 27.7 Å². The smallest absolute Gasteiger partial charge is 0.256 e. The molecule has 1 aromatic heterocycles. The largest absolute Gasteiger partial charge is 0.358 e. The molecule has 1 aliphatic heterocycles. The van der Waals surface area contributed by atoms with Crippen LogP contribution in [0.3, 0.4) is 0 Å². The Morgan fingerprint density at radius 1 is 1.03 bits per heavy atom. The molecule has 3 aromatic rings. The lowest BCUT2D eigenvalue weighted by atomic mass is 9.98. The minimum Gasteiger partial charge on any atom is -0.358 e. The number of hydrogen-bond donors (Lipinski definition) is 3. The van der Waals surface area contributed by atoms with Gasteiger partial charge < -0.3 is 20.5 Å². The molecule has 0 saturated heterocycles. The minimum absolute atomic E-state index is 0.115. The second kappa shape index (κ2) is 10.7. The lowest BCUT2D eigenvalue weighted by Gasteiger charge is -2.18. The molecule has 4 rings (SSSR count). The molecule has 0 bridgehead atoms. The van der Waals surface area contributed by atoms with Crippen molar-refractivity contribution in [3.05, 3.63) is 76.1 Å². The second-order valence-corrected chi connectivity index (χ2v) is 8.96. The standard InChI is InChI=1S/C29H32N4O3/c1-5-33(6-2)14-13-30-29(36)27-18(3)26(31-19(27)4)16-24-23-15-22(11-12-25(23)32-28(24)35)21-9-7-20(17-34)8-10-21/h7-12,15-17,31H,5-6,13-14H2,1-4H3,(H,30,36)(H,32,35)/b24-16-. The quantitative estimate of drug-likeness (QED) is 0.304. The number of aldehydes is 1. The van der Waals surface area contributed by atoms with Gasteiger partial charge in [0.1, 0.15) is 6.29 Å². The highest BCUT2D eigenvalue weighted by atomic mass is 16.2. The van der Waals surface area contributed by atoms with Crippen LogP contribution in [0, 0.1) is 13.8 Å². The predicted octanol–water partition coefficient (Wildman–Crippen LogP) is 4.68. The van der Waals surface area contributed by atoms with E-state index in [-0.39, 0.29) is 11.8 Å². The predicted molar refractivity (Wildman–Crippen MR) is 144 cm³/mol. The first kappa shape index (κ1) is 25.1. The zero-order chi connectivity index (χ0) is 25.8. The molecule has 2 amide bonds.